The molecule has 0 saturated carbocycles. The van der Waals surface area contributed by atoms with Crippen LogP contribution in [0.15, 0.2) is 29.4 Å². The summed E-state index contributed by atoms with van der Waals surface area (Å²) in [6.07, 6.45) is 1.35. The van der Waals surface area contributed by atoms with Crippen molar-refractivity contribution in [3.05, 3.63) is 30.7 Å². The first-order valence-electron chi connectivity index (χ1n) is 2.81. The van der Waals surface area contributed by atoms with Crippen LogP contribution in [0.1, 0.15) is 5.76 Å². The highest BCUT2D eigenvalue weighted by atomic mass is 19.3. The number of rotatable bonds is 2. The van der Waals surface area contributed by atoms with Crippen molar-refractivity contribution in [3.8, 4) is 0 Å². The summed E-state index contributed by atoms with van der Waals surface area (Å²) >= 11 is 0. The average Bonchev–Trinajstić information content (AvgIpc) is 2.53. The van der Waals surface area contributed by atoms with Crippen molar-refractivity contribution in [3.63, 3.8) is 0 Å². The zero-order chi connectivity index (χ0) is 8.27. The van der Waals surface area contributed by atoms with Crippen LogP contribution >= 0.6 is 0 Å². The molecule has 0 unspecified atom stereocenters. The van der Waals surface area contributed by atoms with E-state index < -0.39 is 5.97 Å². The van der Waals surface area contributed by atoms with Gasteiger partial charge in [-0.3, -0.25) is 0 Å². The summed E-state index contributed by atoms with van der Waals surface area (Å²) in [4.78, 5) is 13.4. The fraction of sp³-hybridized carbons (Fsp3) is 0. The Morgan fingerprint density at radius 2 is 2.45 bits per heavy atom. The van der Waals surface area contributed by atoms with Crippen molar-refractivity contribution in [2.45, 2.75) is 0 Å². The molecule has 4 heteroatoms. The first-order chi connectivity index (χ1) is 5.25. The van der Waals surface area contributed by atoms with Gasteiger partial charge in [-0.05, 0) is 12.1 Å². The minimum Gasteiger partial charge on any atom is -0.464 e. The first kappa shape index (κ1) is 7.53. The van der Waals surface area contributed by atoms with Crippen molar-refractivity contribution < 1.29 is 18.7 Å². The van der Waals surface area contributed by atoms with E-state index in [1.54, 1.807) is 6.07 Å². The molecule has 0 aromatic carbocycles. The van der Waals surface area contributed by atoms with Crippen LogP contribution in [0.4, 0.5) is 4.53 Å². The molecule has 0 spiro atoms. The molecule has 1 aromatic heterocycles. The van der Waals surface area contributed by atoms with E-state index in [9.17, 15) is 9.32 Å². The van der Waals surface area contributed by atoms with Crippen LogP contribution in [0.25, 0.3) is 5.57 Å². The lowest BCUT2D eigenvalue weighted by Gasteiger charge is -1.93. The van der Waals surface area contributed by atoms with Gasteiger partial charge in [-0.15, -0.1) is 0 Å². The maximum Gasteiger partial charge on any atom is 0.382 e. The third-order valence-electron chi connectivity index (χ3n) is 1.14. The maximum atomic E-state index is 11.3. The SMILES string of the molecule is C=C(C(=O)OF)c1ccco1. The summed E-state index contributed by atoms with van der Waals surface area (Å²) in [5.74, 6) is -0.937. The molecular formula is C7H5FO3. The molecule has 1 heterocycles. The highest BCUT2D eigenvalue weighted by Gasteiger charge is 2.13. The third kappa shape index (κ3) is 1.46. The van der Waals surface area contributed by atoms with E-state index in [2.05, 4.69) is 11.5 Å². The van der Waals surface area contributed by atoms with Gasteiger partial charge in [0.15, 0.2) is 0 Å². The Kier molecular flexibility index (Phi) is 2.06. The highest BCUT2D eigenvalue weighted by Crippen LogP contribution is 2.13. The van der Waals surface area contributed by atoms with Gasteiger partial charge in [-0.1, -0.05) is 6.58 Å². The van der Waals surface area contributed by atoms with Crippen molar-refractivity contribution in [2.75, 3.05) is 0 Å². The van der Waals surface area contributed by atoms with Crippen molar-refractivity contribution in [2.24, 2.45) is 0 Å². The highest BCUT2D eigenvalue weighted by molar-refractivity contribution is 6.14. The van der Waals surface area contributed by atoms with Gasteiger partial charge < -0.3 is 4.42 Å². The van der Waals surface area contributed by atoms with Crippen LogP contribution in [0, 0.1) is 0 Å². The summed E-state index contributed by atoms with van der Waals surface area (Å²) < 4.78 is 16.0. The molecule has 1 rings (SSSR count). The van der Waals surface area contributed by atoms with Crippen LogP contribution in [0.3, 0.4) is 0 Å². The zero-order valence-electron chi connectivity index (χ0n) is 5.54. The van der Waals surface area contributed by atoms with Gasteiger partial charge in [-0.25, -0.2) is 9.74 Å². The second kappa shape index (κ2) is 3.01. The second-order valence-corrected chi connectivity index (χ2v) is 1.82. The molecule has 3 nitrogen and oxygen atoms in total. The second-order valence-electron chi connectivity index (χ2n) is 1.82. The topological polar surface area (TPSA) is 39.4 Å². The minimum absolute atomic E-state index is 0.141. The predicted octanol–water partition coefficient (Wildman–Crippen LogP) is 1.72. The lowest BCUT2D eigenvalue weighted by Crippen LogP contribution is -1.98. The molecule has 0 fully saturated rings. The fourth-order valence-electron chi connectivity index (χ4n) is 0.597. The van der Waals surface area contributed by atoms with Gasteiger partial charge in [0.05, 0.1) is 11.8 Å². The van der Waals surface area contributed by atoms with Crippen molar-refractivity contribution >= 4 is 11.5 Å². The lowest BCUT2D eigenvalue weighted by atomic mass is 10.2. The van der Waals surface area contributed by atoms with Crippen LogP contribution in [0.2, 0.25) is 0 Å². The molecule has 0 atom stereocenters. The van der Waals surface area contributed by atoms with E-state index in [4.69, 9.17) is 4.42 Å². The third-order valence-corrected chi connectivity index (χ3v) is 1.14. The summed E-state index contributed by atoms with van der Waals surface area (Å²) in [6.45, 7) is 3.26. The number of hydrogen-bond donors (Lipinski definition) is 0. The molecule has 58 valence electrons. The molecule has 0 aliphatic rings. The summed E-state index contributed by atoms with van der Waals surface area (Å²) in [5, 5.41) is 0. The fourth-order valence-corrected chi connectivity index (χ4v) is 0.597. The Morgan fingerprint density at radius 1 is 1.73 bits per heavy atom. The van der Waals surface area contributed by atoms with Gasteiger partial charge in [0.2, 0.25) is 0 Å². The molecule has 0 aliphatic carbocycles. The van der Waals surface area contributed by atoms with Crippen molar-refractivity contribution in [1.29, 1.82) is 0 Å². The molecule has 0 radical (unpaired) electrons. The quantitative estimate of drug-likeness (QED) is 0.612. The van der Waals surface area contributed by atoms with Crippen LogP contribution in [-0.2, 0) is 9.74 Å². The normalized spacial score (nSPS) is 9.18. The lowest BCUT2D eigenvalue weighted by molar-refractivity contribution is -0.175. The number of furan rings is 1. The molecular weight excluding hydrogens is 151 g/mol. The van der Waals surface area contributed by atoms with Crippen LogP contribution < -0.4 is 0 Å². The smallest absolute Gasteiger partial charge is 0.382 e. The van der Waals surface area contributed by atoms with Gasteiger partial charge in [-0.2, -0.15) is 0 Å². The van der Waals surface area contributed by atoms with E-state index >= 15 is 0 Å². The van der Waals surface area contributed by atoms with Crippen LogP contribution in [-0.4, -0.2) is 5.97 Å². The van der Waals surface area contributed by atoms with Gasteiger partial charge in [0.1, 0.15) is 5.76 Å². The minimum atomic E-state index is -1.14. The molecule has 11 heavy (non-hydrogen) atoms. The van der Waals surface area contributed by atoms with Crippen LogP contribution in [0.5, 0.6) is 0 Å². The standard InChI is InChI=1S/C7H5FO3/c1-5(7(9)11-8)6-3-2-4-10-6/h2-4H,1H2. The van der Waals surface area contributed by atoms with E-state index in [-0.39, 0.29) is 11.3 Å². The number of hydrogen-bond acceptors (Lipinski definition) is 3. The average molecular weight is 156 g/mol. The molecule has 0 aliphatic heterocycles. The number of carbonyl (C=O) groups is 1. The van der Waals surface area contributed by atoms with E-state index in [1.165, 1.54) is 12.3 Å². The molecule has 0 amide bonds. The molecule has 1 aromatic rings. The zero-order valence-corrected chi connectivity index (χ0v) is 5.54. The Bertz CT molecular complexity index is 263. The maximum absolute atomic E-state index is 11.3. The Morgan fingerprint density at radius 3 is 2.91 bits per heavy atom. The van der Waals surface area contributed by atoms with Crippen molar-refractivity contribution in [1.82, 2.24) is 0 Å². The first-order valence-corrected chi connectivity index (χ1v) is 2.81. The summed E-state index contributed by atoms with van der Waals surface area (Å²) in [6, 6.07) is 3.05. The number of carbonyl (C=O) groups excluding carboxylic acids is 1. The summed E-state index contributed by atoms with van der Waals surface area (Å²) in [7, 11) is 0. The van der Waals surface area contributed by atoms with Gasteiger partial charge in [0, 0.05) is 4.53 Å². The Balaban J connectivity index is 2.79. The van der Waals surface area contributed by atoms with Gasteiger partial charge in [0.25, 0.3) is 0 Å². The summed E-state index contributed by atoms with van der Waals surface area (Å²) in [5.41, 5.74) is -0.141. The molecule has 0 N–H and O–H groups in total. The predicted molar refractivity (Wildman–Crippen MR) is 34.9 cm³/mol. The Hall–Kier alpha value is -1.58. The van der Waals surface area contributed by atoms with E-state index in [1.807, 2.05) is 0 Å². The molecule has 0 saturated heterocycles. The van der Waals surface area contributed by atoms with E-state index in [0.29, 0.717) is 0 Å². The Labute approximate surface area is 62.0 Å². The monoisotopic (exact) mass is 156 g/mol. The molecule has 0 bridgehead atoms. The van der Waals surface area contributed by atoms with E-state index in [0.717, 1.165) is 0 Å². The van der Waals surface area contributed by atoms with Gasteiger partial charge >= 0.3 is 5.97 Å². The largest absolute Gasteiger partial charge is 0.464 e. The number of halogens is 1.